The number of rotatable bonds is 4. The number of benzene rings is 1. The average Bonchev–Trinajstić information content (AvgIpc) is 2.98. The SMILES string of the molecule is NC(=O)c1c(NS(=O)(=O)c2ccc(F)cc2)sc2c1CCC2. The number of anilines is 1. The van der Waals surface area contributed by atoms with Gasteiger partial charge in [-0.15, -0.1) is 11.3 Å². The molecule has 0 saturated carbocycles. The maximum Gasteiger partial charge on any atom is 0.262 e. The third kappa shape index (κ3) is 2.59. The van der Waals surface area contributed by atoms with Gasteiger partial charge < -0.3 is 5.73 Å². The van der Waals surface area contributed by atoms with Crippen LogP contribution in [-0.2, 0) is 22.9 Å². The minimum atomic E-state index is -3.89. The van der Waals surface area contributed by atoms with E-state index < -0.39 is 21.7 Å². The fourth-order valence-corrected chi connectivity index (χ4v) is 5.13. The zero-order valence-electron chi connectivity index (χ0n) is 11.4. The highest BCUT2D eigenvalue weighted by Gasteiger charge is 2.27. The van der Waals surface area contributed by atoms with E-state index in [-0.39, 0.29) is 15.5 Å². The predicted molar refractivity (Wildman–Crippen MR) is 82.1 cm³/mol. The number of halogens is 1. The molecule has 5 nitrogen and oxygen atoms in total. The number of hydrogen-bond donors (Lipinski definition) is 2. The lowest BCUT2D eigenvalue weighted by atomic mass is 10.1. The van der Waals surface area contributed by atoms with Crippen LogP contribution in [0.4, 0.5) is 9.39 Å². The molecule has 2 aromatic rings. The Labute approximate surface area is 131 Å². The number of nitrogens with one attached hydrogen (secondary N) is 1. The summed E-state index contributed by atoms with van der Waals surface area (Å²) < 4.78 is 40.0. The second-order valence-corrected chi connectivity index (χ2v) is 7.77. The molecule has 1 heterocycles. The molecule has 0 radical (unpaired) electrons. The van der Waals surface area contributed by atoms with E-state index >= 15 is 0 Å². The molecular weight excluding hydrogens is 327 g/mol. The van der Waals surface area contributed by atoms with E-state index in [1.54, 1.807) is 0 Å². The van der Waals surface area contributed by atoms with Crippen LogP contribution in [0.5, 0.6) is 0 Å². The fraction of sp³-hybridized carbons (Fsp3) is 0.214. The molecule has 0 atom stereocenters. The van der Waals surface area contributed by atoms with Crippen LogP contribution in [-0.4, -0.2) is 14.3 Å². The Morgan fingerprint density at radius 3 is 2.55 bits per heavy atom. The Hall–Kier alpha value is -1.93. The van der Waals surface area contributed by atoms with Crippen molar-refractivity contribution in [1.82, 2.24) is 0 Å². The van der Waals surface area contributed by atoms with E-state index in [1.807, 2.05) is 0 Å². The van der Waals surface area contributed by atoms with Gasteiger partial charge in [-0.05, 0) is 49.1 Å². The maximum atomic E-state index is 12.9. The van der Waals surface area contributed by atoms with E-state index in [0.717, 1.165) is 41.8 Å². The quantitative estimate of drug-likeness (QED) is 0.895. The summed E-state index contributed by atoms with van der Waals surface area (Å²) in [5.41, 5.74) is 6.49. The van der Waals surface area contributed by atoms with E-state index in [0.29, 0.717) is 0 Å². The summed E-state index contributed by atoms with van der Waals surface area (Å²) in [7, 11) is -3.89. The molecule has 1 aliphatic carbocycles. The van der Waals surface area contributed by atoms with Gasteiger partial charge in [0.1, 0.15) is 10.8 Å². The highest BCUT2D eigenvalue weighted by molar-refractivity contribution is 7.93. The van der Waals surface area contributed by atoms with Crippen molar-refractivity contribution in [3.63, 3.8) is 0 Å². The number of primary amides is 1. The molecule has 8 heteroatoms. The summed E-state index contributed by atoms with van der Waals surface area (Å²) in [6.07, 6.45) is 2.48. The van der Waals surface area contributed by atoms with Crippen LogP contribution in [0.25, 0.3) is 0 Å². The Bertz CT molecular complexity index is 842. The van der Waals surface area contributed by atoms with Crippen molar-refractivity contribution >= 4 is 32.3 Å². The second kappa shape index (κ2) is 5.36. The molecule has 0 aliphatic heterocycles. The number of amides is 1. The van der Waals surface area contributed by atoms with Gasteiger partial charge in [0.25, 0.3) is 15.9 Å². The molecule has 1 aliphatic rings. The van der Waals surface area contributed by atoms with Crippen molar-refractivity contribution in [3.05, 3.63) is 46.1 Å². The van der Waals surface area contributed by atoms with Gasteiger partial charge in [0.15, 0.2) is 0 Å². The van der Waals surface area contributed by atoms with Gasteiger partial charge >= 0.3 is 0 Å². The van der Waals surface area contributed by atoms with Crippen LogP contribution in [0.1, 0.15) is 27.2 Å². The van der Waals surface area contributed by atoms with E-state index in [2.05, 4.69) is 4.72 Å². The highest BCUT2D eigenvalue weighted by Crippen LogP contribution is 2.39. The molecule has 3 rings (SSSR count). The highest BCUT2D eigenvalue weighted by atomic mass is 32.2. The molecule has 0 saturated heterocycles. The molecule has 0 bridgehead atoms. The number of hydrogen-bond acceptors (Lipinski definition) is 4. The molecular formula is C14H13FN2O3S2. The van der Waals surface area contributed by atoms with Gasteiger partial charge in [0.05, 0.1) is 10.5 Å². The Morgan fingerprint density at radius 2 is 1.91 bits per heavy atom. The Balaban J connectivity index is 1.99. The third-order valence-electron chi connectivity index (χ3n) is 3.52. The zero-order chi connectivity index (χ0) is 15.9. The van der Waals surface area contributed by atoms with Crippen molar-refractivity contribution in [2.24, 2.45) is 5.73 Å². The lowest BCUT2D eigenvalue weighted by Crippen LogP contribution is -2.18. The van der Waals surface area contributed by atoms with Crippen molar-refractivity contribution in [2.45, 2.75) is 24.2 Å². The molecule has 0 unspecified atom stereocenters. The molecule has 1 aromatic heterocycles. The van der Waals surface area contributed by atoms with Crippen LogP contribution in [0.3, 0.4) is 0 Å². The number of aryl methyl sites for hydroxylation is 1. The minimum absolute atomic E-state index is 0.0714. The first-order chi connectivity index (χ1) is 10.4. The number of carbonyl (C=O) groups excluding carboxylic acids is 1. The first-order valence-electron chi connectivity index (χ1n) is 6.61. The van der Waals surface area contributed by atoms with Crippen molar-refractivity contribution in [1.29, 1.82) is 0 Å². The van der Waals surface area contributed by atoms with Crippen molar-refractivity contribution in [2.75, 3.05) is 4.72 Å². The summed E-state index contributed by atoms with van der Waals surface area (Å²) in [6.45, 7) is 0. The molecule has 1 amide bonds. The summed E-state index contributed by atoms with van der Waals surface area (Å²) in [6, 6.07) is 4.47. The van der Waals surface area contributed by atoms with E-state index in [4.69, 9.17) is 5.73 Å². The monoisotopic (exact) mass is 340 g/mol. The van der Waals surface area contributed by atoms with Crippen molar-refractivity contribution < 1.29 is 17.6 Å². The number of fused-ring (bicyclic) bond motifs is 1. The molecule has 116 valence electrons. The molecule has 22 heavy (non-hydrogen) atoms. The summed E-state index contributed by atoms with van der Waals surface area (Å²) in [4.78, 5) is 12.6. The van der Waals surface area contributed by atoms with Crippen molar-refractivity contribution in [3.8, 4) is 0 Å². The molecule has 0 spiro atoms. The van der Waals surface area contributed by atoms with Crippen LogP contribution < -0.4 is 10.5 Å². The number of sulfonamides is 1. The number of carbonyl (C=O) groups is 1. The first kappa shape index (κ1) is 15.0. The molecule has 3 N–H and O–H groups in total. The van der Waals surface area contributed by atoms with E-state index in [9.17, 15) is 17.6 Å². The minimum Gasteiger partial charge on any atom is -0.365 e. The topological polar surface area (TPSA) is 89.3 Å². The Kier molecular flexibility index (Phi) is 3.65. The van der Waals surface area contributed by atoms with Gasteiger partial charge in [0.2, 0.25) is 0 Å². The van der Waals surface area contributed by atoms with Crippen LogP contribution in [0, 0.1) is 5.82 Å². The first-order valence-corrected chi connectivity index (χ1v) is 8.91. The average molecular weight is 340 g/mol. The third-order valence-corrected chi connectivity index (χ3v) is 6.22. The van der Waals surface area contributed by atoms with Crippen LogP contribution in [0.15, 0.2) is 29.2 Å². The largest absolute Gasteiger partial charge is 0.365 e. The van der Waals surface area contributed by atoms with Gasteiger partial charge in [-0.3, -0.25) is 9.52 Å². The molecule has 0 fully saturated rings. The molecule has 1 aromatic carbocycles. The lowest BCUT2D eigenvalue weighted by Gasteiger charge is -2.08. The standard InChI is InChI=1S/C14H13FN2O3S2/c15-8-4-6-9(7-5-8)22(19,20)17-14-12(13(16)18)10-2-1-3-11(10)21-14/h4-7,17H,1-3H2,(H2,16,18). The zero-order valence-corrected chi connectivity index (χ0v) is 13.1. The fourth-order valence-electron chi connectivity index (χ4n) is 2.53. The van der Waals surface area contributed by atoms with Gasteiger partial charge in [0, 0.05) is 4.88 Å². The predicted octanol–water partition coefficient (Wildman–Crippen LogP) is 2.28. The van der Waals surface area contributed by atoms with Crippen LogP contribution >= 0.6 is 11.3 Å². The normalized spacial score (nSPS) is 13.9. The maximum absolute atomic E-state index is 12.9. The van der Waals surface area contributed by atoms with Gasteiger partial charge in [-0.2, -0.15) is 0 Å². The number of thiophene rings is 1. The van der Waals surface area contributed by atoms with Gasteiger partial charge in [-0.1, -0.05) is 0 Å². The smallest absolute Gasteiger partial charge is 0.262 e. The lowest BCUT2D eigenvalue weighted by molar-refractivity contribution is 0.100. The summed E-state index contributed by atoms with van der Waals surface area (Å²) >= 11 is 1.24. The Morgan fingerprint density at radius 1 is 1.23 bits per heavy atom. The number of nitrogens with two attached hydrogens (primary N) is 1. The summed E-state index contributed by atoms with van der Waals surface area (Å²) in [5, 5.41) is 0.238. The van der Waals surface area contributed by atoms with Crippen LogP contribution in [0.2, 0.25) is 0 Å². The van der Waals surface area contributed by atoms with E-state index in [1.165, 1.54) is 23.5 Å². The summed E-state index contributed by atoms with van der Waals surface area (Å²) in [5.74, 6) is -1.16. The second-order valence-electron chi connectivity index (χ2n) is 4.99. The van der Waals surface area contributed by atoms with Gasteiger partial charge in [-0.25, -0.2) is 12.8 Å².